The fourth-order valence-corrected chi connectivity index (χ4v) is 4.85. The standard InChI is InChI=1S/C29H38N4O7/c1-36-20-29(35)32(12-11-31-13-15-40-16-14-31)19-28(34)33-26(21-5-7-22(37-2)8-6-21)18-25(30-33)24-10-9-23(38-3)17-27(24)39-4/h5-10,17,26H,11-16,18-20H2,1-4H3/t26-/m0/s1. The second kappa shape index (κ2) is 14.1. The zero-order valence-electron chi connectivity index (χ0n) is 23.6. The predicted octanol–water partition coefficient (Wildman–Crippen LogP) is 2.20. The van der Waals surface area contributed by atoms with Crippen LogP contribution in [0.3, 0.4) is 0 Å². The molecule has 2 aromatic carbocycles. The van der Waals surface area contributed by atoms with E-state index in [2.05, 4.69) is 4.90 Å². The number of morpholine rings is 1. The first kappa shape index (κ1) is 29.3. The third-order valence-electron chi connectivity index (χ3n) is 7.12. The maximum Gasteiger partial charge on any atom is 0.262 e. The van der Waals surface area contributed by atoms with Crippen LogP contribution in [0.25, 0.3) is 0 Å². The Labute approximate surface area is 235 Å². The van der Waals surface area contributed by atoms with Gasteiger partial charge in [0, 0.05) is 51.3 Å². The molecule has 0 aromatic heterocycles. The van der Waals surface area contributed by atoms with Crippen molar-refractivity contribution in [2.75, 3.05) is 81.0 Å². The summed E-state index contributed by atoms with van der Waals surface area (Å²) >= 11 is 0. The lowest BCUT2D eigenvalue weighted by molar-refractivity contribution is -0.143. The number of methoxy groups -OCH3 is 4. The highest BCUT2D eigenvalue weighted by atomic mass is 16.5. The highest BCUT2D eigenvalue weighted by molar-refractivity contribution is 6.05. The van der Waals surface area contributed by atoms with Crippen LogP contribution in [0.1, 0.15) is 23.6 Å². The minimum Gasteiger partial charge on any atom is -0.497 e. The van der Waals surface area contributed by atoms with Crippen molar-refractivity contribution in [2.24, 2.45) is 5.10 Å². The van der Waals surface area contributed by atoms with E-state index in [0.29, 0.717) is 49.9 Å². The molecule has 0 bridgehead atoms. The Morgan fingerprint density at radius 3 is 2.33 bits per heavy atom. The summed E-state index contributed by atoms with van der Waals surface area (Å²) in [6.45, 7) is 3.74. The molecule has 2 aliphatic heterocycles. The van der Waals surface area contributed by atoms with Gasteiger partial charge in [-0.3, -0.25) is 14.5 Å². The molecule has 0 unspecified atom stereocenters. The van der Waals surface area contributed by atoms with Crippen molar-refractivity contribution in [1.82, 2.24) is 14.8 Å². The van der Waals surface area contributed by atoms with Crippen LogP contribution in [0.4, 0.5) is 0 Å². The first-order valence-electron chi connectivity index (χ1n) is 13.3. The van der Waals surface area contributed by atoms with Gasteiger partial charge in [0.05, 0.1) is 46.3 Å². The van der Waals surface area contributed by atoms with E-state index in [1.807, 2.05) is 36.4 Å². The fourth-order valence-electron chi connectivity index (χ4n) is 4.85. The lowest BCUT2D eigenvalue weighted by atomic mass is 9.97. The van der Waals surface area contributed by atoms with Crippen molar-refractivity contribution in [3.8, 4) is 17.2 Å². The van der Waals surface area contributed by atoms with Crippen molar-refractivity contribution in [2.45, 2.75) is 12.5 Å². The van der Waals surface area contributed by atoms with E-state index in [4.69, 9.17) is 28.8 Å². The largest absolute Gasteiger partial charge is 0.497 e. The van der Waals surface area contributed by atoms with E-state index in [9.17, 15) is 9.59 Å². The highest BCUT2D eigenvalue weighted by Gasteiger charge is 2.35. The lowest BCUT2D eigenvalue weighted by Crippen LogP contribution is -2.47. The van der Waals surface area contributed by atoms with Gasteiger partial charge in [-0.15, -0.1) is 0 Å². The number of amides is 2. The molecule has 0 aliphatic carbocycles. The van der Waals surface area contributed by atoms with Crippen LogP contribution >= 0.6 is 0 Å². The van der Waals surface area contributed by atoms with E-state index in [1.165, 1.54) is 12.1 Å². The quantitative estimate of drug-likeness (QED) is 0.394. The first-order valence-corrected chi connectivity index (χ1v) is 13.3. The summed E-state index contributed by atoms with van der Waals surface area (Å²) in [5.41, 5.74) is 2.39. The topological polar surface area (TPSA) is 102 Å². The van der Waals surface area contributed by atoms with Gasteiger partial charge in [-0.1, -0.05) is 12.1 Å². The van der Waals surface area contributed by atoms with Crippen LogP contribution < -0.4 is 14.2 Å². The molecular formula is C29H38N4O7. The molecule has 1 saturated heterocycles. The van der Waals surface area contributed by atoms with Gasteiger partial charge in [-0.25, -0.2) is 5.01 Å². The number of ether oxygens (including phenoxy) is 5. The molecule has 0 saturated carbocycles. The van der Waals surface area contributed by atoms with Crippen molar-refractivity contribution in [1.29, 1.82) is 0 Å². The van der Waals surface area contributed by atoms with E-state index < -0.39 is 0 Å². The molecule has 40 heavy (non-hydrogen) atoms. The number of nitrogens with zero attached hydrogens (tertiary/aromatic N) is 4. The number of hydrogen-bond acceptors (Lipinski definition) is 9. The van der Waals surface area contributed by atoms with Crippen LogP contribution in [0, 0.1) is 0 Å². The van der Waals surface area contributed by atoms with E-state index >= 15 is 0 Å². The van der Waals surface area contributed by atoms with Crippen LogP contribution in [-0.2, 0) is 19.1 Å². The molecule has 11 heteroatoms. The molecule has 216 valence electrons. The second-order valence-electron chi connectivity index (χ2n) is 9.55. The van der Waals surface area contributed by atoms with Crippen LogP contribution in [0.5, 0.6) is 17.2 Å². The Morgan fingerprint density at radius 1 is 0.975 bits per heavy atom. The Bertz CT molecular complexity index is 1180. The van der Waals surface area contributed by atoms with Crippen molar-refractivity contribution < 1.29 is 33.3 Å². The molecule has 0 N–H and O–H groups in total. The number of rotatable bonds is 12. The minimum atomic E-state index is -0.362. The van der Waals surface area contributed by atoms with Crippen LogP contribution in [-0.4, -0.2) is 113 Å². The molecule has 0 spiro atoms. The zero-order valence-corrected chi connectivity index (χ0v) is 23.6. The van der Waals surface area contributed by atoms with Gasteiger partial charge in [0.15, 0.2) is 0 Å². The lowest BCUT2D eigenvalue weighted by Gasteiger charge is -2.31. The first-order chi connectivity index (χ1) is 19.5. The molecule has 1 atom stereocenters. The molecule has 1 fully saturated rings. The Kier molecular flexibility index (Phi) is 10.3. The maximum absolute atomic E-state index is 13.8. The van der Waals surface area contributed by atoms with Crippen molar-refractivity contribution in [3.05, 3.63) is 53.6 Å². The molecule has 2 aromatic rings. The summed E-state index contributed by atoms with van der Waals surface area (Å²) in [7, 11) is 6.27. The zero-order chi connectivity index (χ0) is 28.5. The van der Waals surface area contributed by atoms with Gasteiger partial charge in [-0.05, 0) is 29.8 Å². The summed E-state index contributed by atoms with van der Waals surface area (Å²) in [4.78, 5) is 30.5. The average molecular weight is 555 g/mol. The molecule has 4 rings (SSSR count). The molecule has 11 nitrogen and oxygen atoms in total. The molecule has 0 radical (unpaired) electrons. The minimum absolute atomic E-state index is 0.101. The molecular weight excluding hydrogens is 516 g/mol. The summed E-state index contributed by atoms with van der Waals surface area (Å²) in [6.07, 6.45) is 0.473. The summed E-state index contributed by atoms with van der Waals surface area (Å²) < 4.78 is 26.8. The number of hydrogen-bond donors (Lipinski definition) is 0. The van der Waals surface area contributed by atoms with Gasteiger partial charge in [0.25, 0.3) is 5.91 Å². The van der Waals surface area contributed by atoms with Gasteiger partial charge in [0.2, 0.25) is 5.91 Å². The summed E-state index contributed by atoms with van der Waals surface area (Å²) in [5.74, 6) is 1.45. The number of carbonyl (C=O) groups is 2. The third kappa shape index (κ3) is 7.09. The average Bonchev–Trinajstić information content (AvgIpc) is 3.45. The van der Waals surface area contributed by atoms with Gasteiger partial charge in [0.1, 0.15) is 30.4 Å². The summed E-state index contributed by atoms with van der Waals surface area (Å²) in [6, 6.07) is 12.7. The van der Waals surface area contributed by atoms with E-state index in [1.54, 1.807) is 32.3 Å². The maximum atomic E-state index is 13.8. The smallest absolute Gasteiger partial charge is 0.262 e. The fraction of sp³-hybridized carbons (Fsp3) is 0.483. The van der Waals surface area contributed by atoms with E-state index in [0.717, 1.165) is 30.0 Å². The highest BCUT2D eigenvalue weighted by Crippen LogP contribution is 2.36. The Balaban J connectivity index is 1.60. The third-order valence-corrected chi connectivity index (χ3v) is 7.12. The Morgan fingerprint density at radius 2 is 1.68 bits per heavy atom. The van der Waals surface area contributed by atoms with Gasteiger partial charge < -0.3 is 28.6 Å². The van der Waals surface area contributed by atoms with Crippen molar-refractivity contribution >= 4 is 17.5 Å². The number of hydrazone groups is 1. The predicted molar refractivity (Wildman–Crippen MR) is 149 cm³/mol. The Hall–Kier alpha value is -3.67. The van der Waals surface area contributed by atoms with Gasteiger partial charge >= 0.3 is 0 Å². The molecule has 2 heterocycles. The summed E-state index contributed by atoms with van der Waals surface area (Å²) in [5, 5.41) is 6.27. The van der Waals surface area contributed by atoms with Crippen LogP contribution in [0.15, 0.2) is 47.6 Å². The van der Waals surface area contributed by atoms with Gasteiger partial charge in [-0.2, -0.15) is 5.10 Å². The molecule has 2 amide bonds. The second-order valence-corrected chi connectivity index (χ2v) is 9.55. The molecule has 2 aliphatic rings. The monoisotopic (exact) mass is 554 g/mol. The van der Waals surface area contributed by atoms with E-state index in [-0.39, 0.29) is 31.0 Å². The SMILES string of the molecule is COCC(=O)N(CCN1CCOCC1)CC(=O)N1N=C(c2ccc(OC)cc2OC)C[C@H]1c1ccc(OC)cc1. The van der Waals surface area contributed by atoms with Crippen LogP contribution in [0.2, 0.25) is 0 Å². The normalized spacial score (nSPS) is 17.4. The number of benzene rings is 2. The van der Waals surface area contributed by atoms with Crippen molar-refractivity contribution in [3.63, 3.8) is 0 Å². The number of carbonyl (C=O) groups excluding carboxylic acids is 2.